The van der Waals surface area contributed by atoms with E-state index in [-0.39, 0.29) is 0 Å². The van der Waals surface area contributed by atoms with E-state index in [1.54, 1.807) is 0 Å². The number of rotatable bonds is 5. The van der Waals surface area contributed by atoms with Crippen molar-refractivity contribution >= 4 is 9.84 Å². The van der Waals surface area contributed by atoms with Gasteiger partial charge in [-0.15, -0.1) is 0 Å². The van der Waals surface area contributed by atoms with Crippen LogP contribution in [0.25, 0.3) is 0 Å². The van der Waals surface area contributed by atoms with Gasteiger partial charge >= 0.3 is 12.8 Å². The van der Waals surface area contributed by atoms with Crippen LogP contribution in [0.3, 0.4) is 0 Å². The van der Waals surface area contributed by atoms with Gasteiger partial charge in [0, 0.05) is 13.2 Å². The van der Waals surface area contributed by atoms with Crippen LogP contribution in [-0.2, 0) is 23.1 Å². The van der Waals surface area contributed by atoms with Crippen LogP contribution >= 0.6 is 0 Å². The Morgan fingerprint density at radius 1 is 1.24 bits per heavy atom. The predicted octanol–water partition coefficient (Wildman–Crippen LogP) is 2.97. The van der Waals surface area contributed by atoms with Crippen molar-refractivity contribution in [3.63, 3.8) is 0 Å². The molecule has 25 heavy (non-hydrogen) atoms. The Morgan fingerprint density at radius 3 is 2.36 bits per heavy atom. The molecule has 0 saturated carbocycles. The third-order valence-electron chi connectivity index (χ3n) is 3.30. The monoisotopic (exact) mass is 385 g/mol. The number of hydrogen-bond donors (Lipinski definition) is 0. The SMILES string of the molecule is CC(c1c(C(F)(F)F)nn(C)c1OC(F)F)S(=O)(=O)c1ccccn1. The number of hydrogen-bond acceptors (Lipinski definition) is 5. The number of aromatic nitrogens is 3. The molecule has 1 unspecified atom stereocenters. The third kappa shape index (κ3) is 3.72. The Labute approximate surface area is 139 Å². The summed E-state index contributed by atoms with van der Waals surface area (Å²) in [6, 6.07) is 3.83. The number of sulfone groups is 1. The van der Waals surface area contributed by atoms with Crippen LogP contribution < -0.4 is 4.74 Å². The Morgan fingerprint density at radius 2 is 1.88 bits per heavy atom. The lowest BCUT2D eigenvalue weighted by Crippen LogP contribution is -2.18. The summed E-state index contributed by atoms with van der Waals surface area (Å²) in [6.07, 6.45) is -3.92. The molecule has 12 heteroatoms. The molecule has 6 nitrogen and oxygen atoms in total. The number of nitrogens with zero attached hydrogens (tertiary/aromatic N) is 3. The summed E-state index contributed by atoms with van der Waals surface area (Å²) in [6.45, 7) is -2.53. The molecule has 0 fully saturated rings. The van der Waals surface area contributed by atoms with Crippen molar-refractivity contribution in [1.82, 2.24) is 14.8 Å². The number of alkyl halides is 5. The van der Waals surface area contributed by atoms with Gasteiger partial charge < -0.3 is 4.74 Å². The first kappa shape index (κ1) is 19.1. The minimum atomic E-state index is -5.06. The van der Waals surface area contributed by atoms with Gasteiger partial charge in [0.25, 0.3) is 0 Å². The highest BCUT2D eigenvalue weighted by Crippen LogP contribution is 2.42. The standard InChI is InChI=1S/C13H12F5N3O3S/c1-7(25(22,23)8-5-3-4-6-19-8)9-10(13(16,17)18)20-21(2)11(9)24-12(14)15/h3-7,12H,1-2H3. The van der Waals surface area contributed by atoms with Crippen molar-refractivity contribution in [2.45, 2.75) is 30.0 Å². The molecule has 138 valence electrons. The topological polar surface area (TPSA) is 74.1 Å². The number of halogens is 5. The van der Waals surface area contributed by atoms with Gasteiger partial charge in [-0.05, 0) is 19.1 Å². The summed E-state index contributed by atoms with van der Waals surface area (Å²) in [7, 11) is -3.47. The van der Waals surface area contributed by atoms with E-state index in [0.717, 1.165) is 26.2 Å². The minimum Gasteiger partial charge on any atom is -0.417 e. The largest absolute Gasteiger partial charge is 0.435 e. The first-order chi connectivity index (χ1) is 11.5. The fourth-order valence-electron chi connectivity index (χ4n) is 2.18. The van der Waals surface area contributed by atoms with Gasteiger partial charge in [0.1, 0.15) is 0 Å². The molecule has 1 atom stereocenters. The van der Waals surface area contributed by atoms with E-state index in [2.05, 4.69) is 14.8 Å². The lowest BCUT2D eigenvalue weighted by Gasteiger charge is -2.16. The molecule has 0 bridgehead atoms. The average molecular weight is 385 g/mol. The van der Waals surface area contributed by atoms with E-state index in [1.807, 2.05) is 0 Å². The zero-order valence-corrected chi connectivity index (χ0v) is 13.6. The summed E-state index contributed by atoms with van der Waals surface area (Å²) < 4.78 is 94.3. The molecular formula is C13H12F5N3O3S. The molecule has 2 heterocycles. The maximum Gasteiger partial charge on any atom is 0.435 e. The summed E-state index contributed by atoms with van der Waals surface area (Å²) in [5.41, 5.74) is -2.61. The van der Waals surface area contributed by atoms with Crippen LogP contribution in [0.2, 0.25) is 0 Å². The maximum atomic E-state index is 13.2. The molecule has 0 amide bonds. The zero-order valence-electron chi connectivity index (χ0n) is 12.8. The summed E-state index contributed by atoms with van der Waals surface area (Å²) >= 11 is 0. The molecule has 0 aliphatic carbocycles. The summed E-state index contributed by atoms with van der Waals surface area (Å²) in [4.78, 5) is 3.60. The van der Waals surface area contributed by atoms with Crippen molar-refractivity contribution in [3.05, 3.63) is 35.7 Å². The van der Waals surface area contributed by atoms with E-state index in [4.69, 9.17) is 0 Å². The number of pyridine rings is 1. The molecule has 2 aromatic heterocycles. The normalized spacial score (nSPS) is 13.9. The lowest BCUT2D eigenvalue weighted by atomic mass is 10.2. The van der Waals surface area contributed by atoms with E-state index >= 15 is 0 Å². The Bertz CT molecular complexity index is 850. The van der Waals surface area contributed by atoms with E-state index in [9.17, 15) is 30.4 Å². The molecule has 0 radical (unpaired) electrons. The Balaban J connectivity index is 2.67. The van der Waals surface area contributed by atoms with Gasteiger partial charge in [0.2, 0.25) is 15.7 Å². The van der Waals surface area contributed by atoms with Crippen molar-refractivity contribution < 1.29 is 35.1 Å². The predicted molar refractivity (Wildman–Crippen MR) is 74.7 cm³/mol. The molecule has 0 spiro atoms. The second-order valence-electron chi connectivity index (χ2n) is 4.92. The fraction of sp³-hybridized carbons (Fsp3) is 0.385. The fourth-order valence-corrected chi connectivity index (χ4v) is 3.54. The van der Waals surface area contributed by atoms with Crippen molar-refractivity contribution in [1.29, 1.82) is 0 Å². The van der Waals surface area contributed by atoms with E-state index in [0.29, 0.717) is 4.68 Å². The van der Waals surface area contributed by atoms with Crippen LogP contribution in [0.4, 0.5) is 22.0 Å². The van der Waals surface area contributed by atoms with E-state index in [1.165, 1.54) is 12.1 Å². The molecule has 0 aliphatic rings. The van der Waals surface area contributed by atoms with Crippen LogP contribution in [0, 0.1) is 0 Å². The lowest BCUT2D eigenvalue weighted by molar-refractivity contribution is -0.142. The second kappa shape index (κ2) is 6.58. The minimum absolute atomic E-state index is 0.425. The van der Waals surface area contributed by atoms with Crippen molar-refractivity contribution in [3.8, 4) is 5.88 Å². The maximum absolute atomic E-state index is 13.2. The van der Waals surface area contributed by atoms with Crippen molar-refractivity contribution in [2.24, 2.45) is 7.05 Å². The molecule has 2 aromatic rings. The molecular weight excluding hydrogens is 373 g/mol. The van der Waals surface area contributed by atoms with Gasteiger partial charge in [-0.2, -0.15) is 27.1 Å². The Hall–Kier alpha value is -2.24. The van der Waals surface area contributed by atoms with Crippen LogP contribution in [0.1, 0.15) is 23.4 Å². The third-order valence-corrected chi connectivity index (χ3v) is 5.29. The zero-order chi connectivity index (χ0) is 19.0. The highest BCUT2D eigenvalue weighted by Gasteiger charge is 2.44. The second-order valence-corrected chi connectivity index (χ2v) is 7.14. The highest BCUT2D eigenvalue weighted by molar-refractivity contribution is 7.91. The van der Waals surface area contributed by atoms with Crippen LogP contribution in [0.5, 0.6) is 5.88 Å². The first-order valence-electron chi connectivity index (χ1n) is 6.70. The molecule has 0 saturated heterocycles. The van der Waals surface area contributed by atoms with Gasteiger partial charge in [0.15, 0.2) is 10.7 Å². The quantitative estimate of drug-likeness (QED) is 0.740. The molecule has 0 aliphatic heterocycles. The smallest absolute Gasteiger partial charge is 0.417 e. The average Bonchev–Trinajstić information content (AvgIpc) is 2.84. The van der Waals surface area contributed by atoms with Gasteiger partial charge in [-0.25, -0.2) is 18.1 Å². The summed E-state index contributed by atoms with van der Waals surface area (Å²) in [5, 5.41) is 0.740. The van der Waals surface area contributed by atoms with E-state index < -0.39 is 50.0 Å². The summed E-state index contributed by atoms with van der Waals surface area (Å²) in [5.74, 6) is -0.977. The van der Waals surface area contributed by atoms with Gasteiger partial charge in [-0.1, -0.05) is 6.07 Å². The number of ether oxygens (including phenoxy) is 1. The van der Waals surface area contributed by atoms with Gasteiger partial charge in [0.05, 0.1) is 10.8 Å². The molecule has 0 aromatic carbocycles. The number of aryl methyl sites for hydroxylation is 1. The Kier molecular flexibility index (Phi) is 5.02. The van der Waals surface area contributed by atoms with Crippen LogP contribution in [-0.4, -0.2) is 29.8 Å². The first-order valence-corrected chi connectivity index (χ1v) is 8.24. The highest BCUT2D eigenvalue weighted by atomic mass is 32.2. The van der Waals surface area contributed by atoms with Crippen LogP contribution in [0.15, 0.2) is 29.4 Å². The van der Waals surface area contributed by atoms with Crippen molar-refractivity contribution in [2.75, 3.05) is 0 Å². The van der Waals surface area contributed by atoms with Gasteiger partial charge in [-0.3, -0.25) is 0 Å². The molecule has 2 rings (SSSR count). The molecule has 0 N–H and O–H groups in total.